The first-order valence-electron chi connectivity index (χ1n) is 5.26. The molecule has 1 aromatic rings. The molecule has 0 fully saturated rings. The molecule has 0 spiro atoms. The SMILES string of the molecule is COC(=O)CC(O)C(O)c1ccc(OC)c(Cl)c1. The molecule has 2 atom stereocenters. The van der Waals surface area contributed by atoms with Gasteiger partial charge >= 0.3 is 5.97 Å². The number of ether oxygens (including phenoxy) is 2. The fourth-order valence-electron chi connectivity index (χ4n) is 1.45. The van der Waals surface area contributed by atoms with Crippen LogP contribution in [-0.4, -0.2) is 36.5 Å². The third-order valence-electron chi connectivity index (χ3n) is 2.49. The fourth-order valence-corrected chi connectivity index (χ4v) is 1.72. The lowest BCUT2D eigenvalue weighted by Gasteiger charge is -2.17. The Hall–Kier alpha value is -1.30. The van der Waals surface area contributed by atoms with Crippen LogP contribution in [-0.2, 0) is 9.53 Å². The molecule has 2 N–H and O–H groups in total. The number of hydrogen-bond acceptors (Lipinski definition) is 5. The summed E-state index contributed by atoms with van der Waals surface area (Å²) in [7, 11) is 2.69. The number of hydrogen-bond donors (Lipinski definition) is 2. The maximum atomic E-state index is 11.0. The van der Waals surface area contributed by atoms with E-state index in [-0.39, 0.29) is 6.42 Å². The van der Waals surface area contributed by atoms with Crippen LogP contribution in [0, 0.1) is 0 Å². The number of aliphatic hydroxyl groups excluding tert-OH is 2. The summed E-state index contributed by atoms with van der Waals surface area (Å²) in [5.41, 5.74) is 0.400. The van der Waals surface area contributed by atoms with Crippen molar-refractivity contribution in [2.24, 2.45) is 0 Å². The topological polar surface area (TPSA) is 76.0 Å². The Balaban J connectivity index is 2.80. The molecule has 0 saturated carbocycles. The van der Waals surface area contributed by atoms with Crippen molar-refractivity contribution in [3.63, 3.8) is 0 Å². The highest BCUT2D eigenvalue weighted by Crippen LogP contribution is 2.29. The van der Waals surface area contributed by atoms with E-state index in [1.807, 2.05) is 0 Å². The van der Waals surface area contributed by atoms with Crippen LogP contribution in [0.15, 0.2) is 18.2 Å². The van der Waals surface area contributed by atoms with Gasteiger partial charge in [0.25, 0.3) is 0 Å². The Kier molecular flexibility index (Phi) is 5.40. The average Bonchev–Trinajstić information content (AvgIpc) is 2.37. The molecule has 6 heteroatoms. The molecule has 0 saturated heterocycles. The van der Waals surface area contributed by atoms with Crippen molar-refractivity contribution in [2.75, 3.05) is 14.2 Å². The lowest BCUT2D eigenvalue weighted by atomic mass is 10.0. The average molecular weight is 275 g/mol. The zero-order chi connectivity index (χ0) is 13.7. The van der Waals surface area contributed by atoms with E-state index in [2.05, 4.69) is 4.74 Å². The normalized spacial score (nSPS) is 13.8. The zero-order valence-electron chi connectivity index (χ0n) is 10.1. The van der Waals surface area contributed by atoms with Crippen molar-refractivity contribution in [3.8, 4) is 5.75 Å². The van der Waals surface area contributed by atoms with Gasteiger partial charge in [-0.25, -0.2) is 0 Å². The van der Waals surface area contributed by atoms with Gasteiger partial charge in [-0.1, -0.05) is 17.7 Å². The van der Waals surface area contributed by atoms with Gasteiger partial charge in [0, 0.05) is 0 Å². The van der Waals surface area contributed by atoms with Gasteiger partial charge in [-0.3, -0.25) is 4.79 Å². The van der Waals surface area contributed by atoms with Crippen molar-refractivity contribution in [1.82, 2.24) is 0 Å². The number of esters is 1. The van der Waals surface area contributed by atoms with E-state index in [9.17, 15) is 15.0 Å². The van der Waals surface area contributed by atoms with Crippen LogP contribution in [0.4, 0.5) is 0 Å². The largest absolute Gasteiger partial charge is 0.495 e. The Labute approximate surface area is 110 Å². The second-order valence-electron chi connectivity index (χ2n) is 3.69. The van der Waals surface area contributed by atoms with Crippen LogP contribution in [0.3, 0.4) is 0 Å². The number of halogens is 1. The number of aliphatic hydroxyl groups is 2. The van der Waals surface area contributed by atoms with Gasteiger partial charge in [0.05, 0.1) is 31.8 Å². The summed E-state index contributed by atoms with van der Waals surface area (Å²) in [4.78, 5) is 11.0. The lowest BCUT2D eigenvalue weighted by molar-refractivity contribution is -0.144. The summed E-state index contributed by atoms with van der Waals surface area (Å²) in [6.07, 6.45) is -2.75. The molecule has 0 heterocycles. The molecule has 100 valence electrons. The summed E-state index contributed by atoms with van der Waals surface area (Å²) in [5.74, 6) is -0.128. The first-order chi connectivity index (χ1) is 8.49. The molecule has 0 aliphatic heterocycles. The molecule has 5 nitrogen and oxygen atoms in total. The third kappa shape index (κ3) is 3.60. The maximum Gasteiger partial charge on any atom is 0.308 e. The van der Waals surface area contributed by atoms with Crippen molar-refractivity contribution in [3.05, 3.63) is 28.8 Å². The fraction of sp³-hybridized carbons (Fsp3) is 0.417. The Morgan fingerprint density at radius 1 is 1.39 bits per heavy atom. The smallest absolute Gasteiger partial charge is 0.308 e. The monoisotopic (exact) mass is 274 g/mol. The van der Waals surface area contributed by atoms with Crippen LogP contribution in [0.1, 0.15) is 18.1 Å². The molecule has 0 bridgehead atoms. The van der Waals surface area contributed by atoms with Crippen LogP contribution in [0.5, 0.6) is 5.75 Å². The molecule has 0 aliphatic rings. The van der Waals surface area contributed by atoms with E-state index in [1.165, 1.54) is 20.3 Å². The van der Waals surface area contributed by atoms with Crippen molar-refractivity contribution in [2.45, 2.75) is 18.6 Å². The van der Waals surface area contributed by atoms with Crippen LogP contribution in [0.2, 0.25) is 5.02 Å². The zero-order valence-corrected chi connectivity index (χ0v) is 10.8. The van der Waals surface area contributed by atoms with E-state index in [4.69, 9.17) is 16.3 Å². The summed E-state index contributed by atoms with van der Waals surface area (Å²) >= 11 is 5.90. The van der Waals surface area contributed by atoms with Crippen molar-refractivity contribution >= 4 is 17.6 Å². The minimum Gasteiger partial charge on any atom is -0.495 e. The Morgan fingerprint density at radius 3 is 2.56 bits per heavy atom. The summed E-state index contributed by atoms with van der Waals surface area (Å²) in [5, 5.41) is 19.8. The van der Waals surface area contributed by atoms with Gasteiger partial charge in [0.1, 0.15) is 11.9 Å². The Morgan fingerprint density at radius 2 is 2.06 bits per heavy atom. The van der Waals surface area contributed by atoms with Crippen LogP contribution >= 0.6 is 11.6 Å². The molecule has 1 aromatic carbocycles. The standard InChI is InChI=1S/C12H15ClO5/c1-17-10-4-3-7(5-8(10)13)12(16)9(14)6-11(15)18-2/h3-5,9,12,14,16H,6H2,1-2H3. The van der Waals surface area contributed by atoms with Crippen molar-refractivity contribution < 1.29 is 24.5 Å². The van der Waals surface area contributed by atoms with E-state index in [0.29, 0.717) is 16.3 Å². The predicted octanol–water partition coefficient (Wildman–Crippen LogP) is 1.31. The first-order valence-corrected chi connectivity index (χ1v) is 5.63. The second-order valence-corrected chi connectivity index (χ2v) is 4.09. The lowest BCUT2D eigenvalue weighted by Crippen LogP contribution is -2.22. The molecule has 0 amide bonds. The van der Waals surface area contributed by atoms with Crippen LogP contribution in [0.25, 0.3) is 0 Å². The first kappa shape index (κ1) is 14.8. The molecule has 1 rings (SSSR count). The minimum absolute atomic E-state index is 0.290. The van der Waals surface area contributed by atoms with Gasteiger partial charge in [-0.05, 0) is 17.7 Å². The maximum absolute atomic E-state index is 11.0. The van der Waals surface area contributed by atoms with Crippen LogP contribution < -0.4 is 4.74 Å². The summed E-state index contributed by atoms with van der Waals surface area (Å²) < 4.78 is 9.38. The summed E-state index contributed by atoms with van der Waals surface area (Å²) in [6.45, 7) is 0. The highest BCUT2D eigenvalue weighted by atomic mass is 35.5. The van der Waals surface area contributed by atoms with Gasteiger partial charge in [0.15, 0.2) is 0 Å². The van der Waals surface area contributed by atoms with Gasteiger partial charge in [-0.2, -0.15) is 0 Å². The summed E-state index contributed by atoms with van der Waals surface area (Å²) in [6, 6.07) is 4.62. The molecule has 2 unspecified atom stereocenters. The van der Waals surface area contributed by atoms with Gasteiger partial charge < -0.3 is 19.7 Å². The van der Waals surface area contributed by atoms with E-state index in [1.54, 1.807) is 12.1 Å². The minimum atomic E-state index is -1.25. The van der Waals surface area contributed by atoms with E-state index in [0.717, 1.165) is 0 Å². The van der Waals surface area contributed by atoms with Gasteiger partial charge in [0.2, 0.25) is 0 Å². The highest BCUT2D eigenvalue weighted by molar-refractivity contribution is 6.32. The molecular weight excluding hydrogens is 260 g/mol. The molecule has 0 aromatic heterocycles. The predicted molar refractivity (Wildman–Crippen MR) is 65.6 cm³/mol. The number of methoxy groups -OCH3 is 2. The molecular formula is C12H15ClO5. The molecule has 0 aliphatic carbocycles. The molecule has 0 radical (unpaired) electrons. The number of carbonyl (C=O) groups excluding carboxylic acids is 1. The highest BCUT2D eigenvalue weighted by Gasteiger charge is 2.22. The van der Waals surface area contributed by atoms with Gasteiger partial charge in [-0.15, -0.1) is 0 Å². The third-order valence-corrected chi connectivity index (χ3v) is 2.78. The van der Waals surface area contributed by atoms with Crippen molar-refractivity contribution in [1.29, 1.82) is 0 Å². The quantitative estimate of drug-likeness (QED) is 0.792. The number of carbonyl (C=O) groups is 1. The van der Waals surface area contributed by atoms with E-state index >= 15 is 0 Å². The second kappa shape index (κ2) is 6.58. The number of benzene rings is 1. The Bertz CT molecular complexity index is 421. The number of rotatable bonds is 5. The molecule has 18 heavy (non-hydrogen) atoms. The van der Waals surface area contributed by atoms with E-state index < -0.39 is 18.2 Å².